The number of hydrogen-bond donors (Lipinski definition) is 2. The Balaban J connectivity index is 2.72. The van der Waals surface area contributed by atoms with Crippen LogP contribution in [0, 0.1) is 0 Å². The van der Waals surface area contributed by atoms with E-state index < -0.39 is 0 Å². The molecule has 0 radical (unpaired) electrons. The van der Waals surface area contributed by atoms with Crippen molar-refractivity contribution >= 4 is 5.97 Å². The lowest BCUT2D eigenvalue weighted by Gasteiger charge is -2.11. The standard InChI is InChI=1S/C11H15NO3/c1-15-11(14)6-10(12)9-4-2-3-8(5-9)7-13/h2-5,10,13H,6-7,12H2,1H3/t10-/m1/s1. The average molecular weight is 209 g/mol. The van der Waals surface area contributed by atoms with E-state index in [0.717, 1.165) is 11.1 Å². The van der Waals surface area contributed by atoms with E-state index in [1.54, 1.807) is 18.2 Å². The molecule has 1 rings (SSSR count). The molecule has 82 valence electrons. The summed E-state index contributed by atoms with van der Waals surface area (Å²) in [6.07, 6.45) is 0.144. The van der Waals surface area contributed by atoms with Crippen LogP contribution < -0.4 is 5.73 Å². The van der Waals surface area contributed by atoms with Gasteiger partial charge in [0.05, 0.1) is 20.1 Å². The first-order valence-electron chi connectivity index (χ1n) is 4.69. The summed E-state index contributed by atoms with van der Waals surface area (Å²) in [5.74, 6) is -0.336. The number of ether oxygens (including phenoxy) is 1. The Morgan fingerprint density at radius 3 is 2.93 bits per heavy atom. The first-order chi connectivity index (χ1) is 7.17. The monoisotopic (exact) mass is 209 g/mol. The van der Waals surface area contributed by atoms with Crippen LogP contribution in [0.2, 0.25) is 0 Å². The van der Waals surface area contributed by atoms with Crippen molar-refractivity contribution < 1.29 is 14.6 Å². The van der Waals surface area contributed by atoms with Crippen LogP contribution in [0.5, 0.6) is 0 Å². The van der Waals surface area contributed by atoms with Gasteiger partial charge in [0.1, 0.15) is 0 Å². The van der Waals surface area contributed by atoms with Gasteiger partial charge in [-0.05, 0) is 11.1 Å². The summed E-state index contributed by atoms with van der Waals surface area (Å²) < 4.78 is 4.53. The fourth-order valence-electron chi connectivity index (χ4n) is 1.30. The van der Waals surface area contributed by atoms with Gasteiger partial charge in [-0.2, -0.15) is 0 Å². The average Bonchev–Trinajstić information content (AvgIpc) is 2.28. The van der Waals surface area contributed by atoms with E-state index in [4.69, 9.17) is 10.8 Å². The topological polar surface area (TPSA) is 72.5 Å². The molecule has 0 spiro atoms. The Kier molecular flexibility index (Phi) is 4.27. The third-order valence-electron chi connectivity index (χ3n) is 2.18. The number of esters is 1. The van der Waals surface area contributed by atoms with Gasteiger partial charge in [0, 0.05) is 6.04 Å². The molecule has 0 amide bonds. The molecule has 1 atom stereocenters. The number of aliphatic hydroxyl groups is 1. The number of carbonyl (C=O) groups excluding carboxylic acids is 1. The number of nitrogens with two attached hydrogens (primary N) is 1. The van der Waals surface area contributed by atoms with E-state index in [-0.39, 0.29) is 25.0 Å². The van der Waals surface area contributed by atoms with E-state index >= 15 is 0 Å². The molecule has 15 heavy (non-hydrogen) atoms. The van der Waals surface area contributed by atoms with Crippen molar-refractivity contribution in [2.75, 3.05) is 7.11 Å². The first-order valence-corrected chi connectivity index (χ1v) is 4.69. The van der Waals surface area contributed by atoms with Crippen molar-refractivity contribution in [2.45, 2.75) is 19.1 Å². The molecule has 0 fully saturated rings. The Hall–Kier alpha value is -1.39. The highest BCUT2D eigenvalue weighted by molar-refractivity contribution is 5.70. The number of methoxy groups -OCH3 is 1. The normalized spacial score (nSPS) is 12.2. The van der Waals surface area contributed by atoms with Gasteiger partial charge in [-0.3, -0.25) is 4.79 Å². The van der Waals surface area contributed by atoms with E-state index in [9.17, 15) is 4.79 Å². The van der Waals surface area contributed by atoms with E-state index in [1.165, 1.54) is 7.11 Å². The van der Waals surface area contributed by atoms with Crippen molar-refractivity contribution in [3.05, 3.63) is 35.4 Å². The summed E-state index contributed by atoms with van der Waals surface area (Å²) >= 11 is 0. The summed E-state index contributed by atoms with van der Waals surface area (Å²) in [7, 11) is 1.33. The molecular formula is C11H15NO3. The molecule has 0 aliphatic rings. The summed E-state index contributed by atoms with van der Waals surface area (Å²) in [6, 6.07) is 6.83. The van der Waals surface area contributed by atoms with Crippen LogP contribution in [0.4, 0.5) is 0 Å². The van der Waals surface area contributed by atoms with Crippen LogP contribution >= 0.6 is 0 Å². The predicted molar refractivity (Wildman–Crippen MR) is 55.9 cm³/mol. The summed E-state index contributed by atoms with van der Waals surface area (Å²) in [6.45, 7) is -0.0290. The molecule has 0 saturated carbocycles. The second-order valence-corrected chi connectivity index (χ2v) is 3.29. The fourth-order valence-corrected chi connectivity index (χ4v) is 1.30. The SMILES string of the molecule is COC(=O)C[C@@H](N)c1cccc(CO)c1. The molecule has 0 aromatic heterocycles. The molecule has 3 N–H and O–H groups in total. The molecule has 0 aliphatic heterocycles. The number of benzene rings is 1. The second-order valence-electron chi connectivity index (χ2n) is 3.29. The van der Waals surface area contributed by atoms with E-state index in [2.05, 4.69) is 4.74 Å². The molecule has 4 nitrogen and oxygen atoms in total. The molecule has 0 unspecified atom stereocenters. The van der Waals surface area contributed by atoms with Crippen LogP contribution in [0.15, 0.2) is 24.3 Å². The molecule has 0 heterocycles. The molecular weight excluding hydrogens is 194 g/mol. The van der Waals surface area contributed by atoms with Gasteiger partial charge >= 0.3 is 5.97 Å². The largest absolute Gasteiger partial charge is 0.469 e. The van der Waals surface area contributed by atoms with Crippen molar-refractivity contribution in [1.29, 1.82) is 0 Å². The van der Waals surface area contributed by atoms with Crippen LogP contribution in [-0.4, -0.2) is 18.2 Å². The Morgan fingerprint density at radius 2 is 2.33 bits per heavy atom. The number of carbonyl (C=O) groups is 1. The highest BCUT2D eigenvalue weighted by Gasteiger charge is 2.11. The lowest BCUT2D eigenvalue weighted by atomic mass is 10.0. The van der Waals surface area contributed by atoms with Gasteiger partial charge in [-0.25, -0.2) is 0 Å². The molecule has 0 saturated heterocycles. The van der Waals surface area contributed by atoms with Crippen LogP contribution in [0.25, 0.3) is 0 Å². The number of rotatable bonds is 4. The highest BCUT2D eigenvalue weighted by atomic mass is 16.5. The quantitative estimate of drug-likeness (QED) is 0.717. The third-order valence-corrected chi connectivity index (χ3v) is 2.18. The van der Waals surface area contributed by atoms with Crippen LogP contribution in [0.3, 0.4) is 0 Å². The molecule has 1 aromatic rings. The van der Waals surface area contributed by atoms with Gasteiger partial charge in [-0.1, -0.05) is 24.3 Å². The molecule has 1 aromatic carbocycles. The minimum atomic E-state index is -0.385. The minimum absolute atomic E-state index is 0.0290. The highest BCUT2D eigenvalue weighted by Crippen LogP contribution is 2.16. The van der Waals surface area contributed by atoms with Gasteiger partial charge in [0.2, 0.25) is 0 Å². The van der Waals surface area contributed by atoms with Crippen LogP contribution in [-0.2, 0) is 16.1 Å². The second kappa shape index (κ2) is 5.48. The smallest absolute Gasteiger partial charge is 0.307 e. The zero-order chi connectivity index (χ0) is 11.3. The maximum atomic E-state index is 11.0. The van der Waals surface area contributed by atoms with Crippen molar-refractivity contribution in [3.8, 4) is 0 Å². The number of hydrogen-bond acceptors (Lipinski definition) is 4. The summed E-state index contributed by atoms with van der Waals surface area (Å²) in [5, 5.41) is 8.94. The van der Waals surface area contributed by atoms with Gasteiger partial charge in [-0.15, -0.1) is 0 Å². The van der Waals surface area contributed by atoms with E-state index in [0.29, 0.717) is 0 Å². The summed E-state index contributed by atoms with van der Waals surface area (Å²) in [4.78, 5) is 11.0. The number of aliphatic hydroxyl groups excluding tert-OH is 1. The van der Waals surface area contributed by atoms with Gasteiger partial charge < -0.3 is 15.6 Å². The maximum Gasteiger partial charge on any atom is 0.307 e. The van der Waals surface area contributed by atoms with Crippen molar-refractivity contribution in [2.24, 2.45) is 5.73 Å². The third kappa shape index (κ3) is 3.34. The lowest BCUT2D eigenvalue weighted by molar-refractivity contribution is -0.141. The maximum absolute atomic E-state index is 11.0. The summed E-state index contributed by atoms with van der Waals surface area (Å²) in [5.41, 5.74) is 7.42. The van der Waals surface area contributed by atoms with Gasteiger partial charge in [0.15, 0.2) is 0 Å². The Morgan fingerprint density at radius 1 is 1.60 bits per heavy atom. The zero-order valence-electron chi connectivity index (χ0n) is 8.64. The fraction of sp³-hybridized carbons (Fsp3) is 0.364. The van der Waals surface area contributed by atoms with Crippen molar-refractivity contribution in [3.63, 3.8) is 0 Å². The Labute approximate surface area is 88.7 Å². The molecule has 0 bridgehead atoms. The first kappa shape index (κ1) is 11.7. The van der Waals surface area contributed by atoms with Crippen LogP contribution in [0.1, 0.15) is 23.6 Å². The molecule has 0 aliphatic carbocycles. The zero-order valence-corrected chi connectivity index (χ0v) is 8.64. The van der Waals surface area contributed by atoms with Crippen molar-refractivity contribution in [1.82, 2.24) is 0 Å². The lowest BCUT2D eigenvalue weighted by Crippen LogP contribution is -2.16. The Bertz CT molecular complexity index is 338. The van der Waals surface area contributed by atoms with E-state index in [1.807, 2.05) is 6.07 Å². The molecule has 4 heteroatoms. The predicted octanol–water partition coefficient (Wildman–Crippen LogP) is 0.742. The minimum Gasteiger partial charge on any atom is -0.469 e. The van der Waals surface area contributed by atoms with Gasteiger partial charge in [0.25, 0.3) is 0 Å².